The van der Waals surface area contributed by atoms with Gasteiger partial charge in [0.05, 0.1) is 18.7 Å². The molecule has 0 spiro atoms. The topological polar surface area (TPSA) is 80.3 Å². The molecule has 1 heterocycles. The minimum atomic E-state index is -0.534. The van der Waals surface area contributed by atoms with Crippen LogP contribution in [0.2, 0.25) is 0 Å². The summed E-state index contributed by atoms with van der Waals surface area (Å²) >= 11 is 3.72. The molecule has 3 aliphatic rings. The number of benzene rings is 3. The Morgan fingerprint density at radius 2 is 1.30 bits per heavy atom. The molecule has 3 aromatic rings. The number of carbonyl (C=O) groups excluding carboxylic acids is 2. The molecular formula is C39H41BrO7. The van der Waals surface area contributed by atoms with E-state index in [0.717, 1.165) is 16.7 Å². The van der Waals surface area contributed by atoms with E-state index in [0.29, 0.717) is 82.4 Å². The standard InChI is InChI=1S/C39H41BrO7/c1-38(2)17-27(41)35-32(19-38)47-33-20-39(3,4)18-28(42)36(33)34(35)25-15-26(40)37(31(16-25)44-6)46-22-24-12-13-29(30(14-24)43-5)45-21-23-10-8-7-9-11-23/h7-16,34H,17-22H2,1-6H3. The third-order valence-electron chi connectivity index (χ3n) is 9.02. The van der Waals surface area contributed by atoms with Crippen molar-refractivity contribution in [3.63, 3.8) is 0 Å². The van der Waals surface area contributed by atoms with Crippen LogP contribution in [0.3, 0.4) is 0 Å². The SMILES string of the molecule is COc1cc(COc2c(Br)cc(C3C4=C(CC(C)(C)CC4=O)OC4=C3C(=O)CC(C)(C)C4)cc2OC)ccc1OCc1ccccc1. The molecule has 0 atom stereocenters. The second kappa shape index (κ2) is 12.9. The van der Waals surface area contributed by atoms with Crippen LogP contribution in [-0.4, -0.2) is 25.8 Å². The summed E-state index contributed by atoms with van der Waals surface area (Å²) in [6.07, 6.45) is 2.06. The summed E-state index contributed by atoms with van der Waals surface area (Å²) < 4.78 is 30.9. The van der Waals surface area contributed by atoms with Crippen molar-refractivity contribution in [1.29, 1.82) is 0 Å². The van der Waals surface area contributed by atoms with Gasteiger partial charge in [-0.2, -0.15) is 0 Å². The lowest BCUT2D eigenvalue weighted by Gasteiger charge is -2.42. The second-order valence-corrected chi connectivity index (χ2v) is 15.0. The van der Waals surface area contributed by atoms with Gasteiger partial charge in [-0.25, -0.2) is 0 Å². The van der Waals surface area contributed by atoms with Crippen LogP contribution < -0.4 is 18.9 Å². The second-order valence-electron chi connectivity index (χ2n) is 14.2. The molecule has 1 aliphatic heterocycles. The Balaban J connectivity index is 1.29. The molecule has 6 rings (SSSR count). The predicted molar refractivity (Wildman–Crippen MR) is 183 cm³/mol. The third kappa shape index (κ3) is 6.84. The summed E-state index contributed by atoms with van der Waals surface area (Å²) in [6, 6.07) is 19.5. The van der Waals surface area contributed by atoms with E-state index in [1.807, 2.05) is 60.7 Å². The van der Waals surface area contributed by atoms with Crippen LogP contribution in [0.1, 0.15) is 76.0 Å². The fourth-order valence-corrected chi connectivity index (χ4v) is 7.44. The molecule has 47 heavy (non-hydrogen) atoms. The highest BCUT2D eigenvalue weighted by Gasteiger charge is 2.48. The molecule has 3 aromatic carbocycles. The molecule has 0 saturated heterocycles. The molecule has 0 amide bonds. The number of ketones is 2. The van der Waals surface area contributed by atoms with Crippen molar-refractivity contribution in [2.45, 2.75) is 72.5 Å². The maximum absolute atomic E-state index is 13.7. The van der Waals surface area contributed by atoms with Crippen LogP contribution >= 0.6 is 15.9 Å². The van der Waals surface area contributed by atoms with Crippen LogP contribution in [0.25, 0.3) is 0 Å². The molecule has 0 N–H and O–H groups in total. The zero-order valence-electron chi connectivity index (χ0n) is 27.8. The smallest absolute Gasteiger partial charge is 0.175 e. The number of rotatable bonds is 9. The Hall–Kier alpha value is -4.04. The Bertz CT molecular complexity index is 1730. The molecule has 246 valence electrons. The van der Waals surface area contributed by atoms with Crippen LogP contribution in [0, 0.1) is 10.8 Å². The molecule has 0 bridgehead atoms. The van der Waals surface area contributed by atoms with Gasteiger partial charge in [-0.3, -0.25) is 9.59 Å². The quantitative estimate of drug-likeness (QED) is 0.220. The van der Waals surface area contributed by atoms with Gasteiger partial charge in [0, 0.05) is 42.7 Å². The van der Waals surface area contributed by atoms with Gasteiger partial charge in [-0.05, 0) is 67.7 Å². The Morgan fingerprint density at radius 3 is 1.89 bits per heavy atom. The van der Waals surface area contributed by atoms with Gasteiger partial charge in [-0.1, -0.05) is 64.1 Å². The molecule has 7 nitrogen and oxygen atoms in total. The summed E-state index contributed by atoms with van der Waals surface area (Å²) in [7, 11) is 3.20. The van der Waals surface area contributed by atoms with Crippen molar-refractivity contribution in [3.05, 3.63) is 104 Å². The minimum Gasteiger partial charge on any atom is -0.493 e. The largest absolute Gasteiger partial charge is 0.493 e. The lowest BCUT2D eigenvalue weighted by molar-refractivity contribution is -0.120. The van der Waals surface area contributed by atoms with Crippen LogP contribution in [0.15, 0.2) is 87.8 Å². The molecule has 0 unspecified atom stereocenters. The van der Waals surface area contributed by atoms with Crippen molar-refractivity contribution < 1.29 is 33.3 Å². The molecule has 0 radical (unpaired) electrons. The number of Topliss-reactive ketones (excluding diaryl/α,β-unsaturated/α-hetero) is 2. The highest BCUT2D eigenvalue weighted by atomic mass is 79.9. The van der Waals surface area contributed by atoms with Gasteiger partial charge >= 0.3 is 0 Å². The number of hydrogen-bond acceptors (Lipinski definition) is 7. The lowest BCUT2D eigenvalue weighted by atomic mass is 9.65. The van der Waals surface area contributed by atoms with Crippen molar-refractivity contribution >= 4 is 27.5 Å². The van der Waals surface area contributed by atoms with Gasteiger partial charge < -0.3 is 23.7 Å². The fraction of sp³-hybridized carbons (Fsp3) is 0.385. The van der Waals surface area contributed by atoms with Gasteiger partial charge in [0.15, 0.2) is 34.6 Å². The third-order valence-corrected chi connectivity index (χ3v) is 9.60. The lowest BCUT2D eigenvalue weighted by Crippen LogP contribution is -2.37. The first-order valence-corrected chi connectivity index (χ1v) is 16.7. The first-order valence-electron chi connectivity index (χ1n) is 15.9. The number of hydrogen-bond donors (Lipinski definition) is 0. The van der Waals surface area contributed by atoms with Crippen LogP contribution in [-0.2, 0) is 27.5 Å². The average molecular weight is 702 g/mol. The van der Waals surface area contributed by atoms with Crippen LogP contribution in [0.4, 0.5) is 0 Å². The number of allylic oxidation sites excluding steroid dienone is 4. The number of halogens is 1. The minimum absolute atomic E-state index is 0.0194. The Labute approximate surface area is 285 Å². The van der Waals surface area contributed by atoms with E-state index in [1.165, 1.54) is 0 Å². The molecule has 2 aliphatic carbocycles. The first kappa shape index (κ1) is 32.9. The summed E-state index contributed by atoms with van der Waals surface area (Å²) in [4.78, 5) is 27.5. The maximum atomic E-state index is 13.7. The van der Waals surface area contributed by atoms with Crippen LogP contribution in [0.5, 0.6) is 23.0 Å². The molecule has 0 fully saturated rings. The number of methoxy groups -OCH3 is 2. The van der Waals surface area contributed by atoms with E-state index >= 15 is 0 Å². The fourth-order valence-electron chi connectivity index (χ4n) is 6.87. The summed E-state index contributed by atoms with van der Waals surface area (Å²) in [5.41, 5.74) is 3.45. The van der Waals surface area contributed by atoms with E-state index in [9.17, 15) is 9.59 Å². The van der Waals surface area contributed by atoms with Gasteiger partial charge in [0.25, 0.3) is 0 Å². The summed E-state index contributed by atoms with van der Waals surface area (Å²) in [5.74, 6) is 3.13. The van der Waals surface area contributed by atoms with E-state index in [-0.39, 0.29) is 29.0 Å². The number of carbonyl (C=O) groups is 2. The molecule has 0 aromatic heterocycles. The number of ether oxygens (including phenoxy) is 5. The predicted octanol–water partition coefficient (Wildman–Crippen LogP) is 9.02. The van der Waals surface area contributed by atoms with Gasteiger partial charge in [0.1, 0.15) is 24.7 Å². The molecule has 8 heteroatoms. The highest BCUT2D eigenvalue weighted by molar-refractivity contribution is 9.10. The van der Waals surface area contributed by atoms with Crippen molar-refractivity contribution in [3.8, 4) is 23.0 Å². The van der Waals surface area contributed by atoms with Crippen molar-refractivity contribution in [1.82, 2.24) is 0 Å². The van der Waals surface area contributed by atoms with E-state index in [1.54, 1.807) is 14.2 Å². The molecule has 0 saturated carbocycles. The maximum Gasteiger partial charge on any atom is 0.175 e. The van der Waals surface area contributed by atoms with E-state index < -0.39 is 5.92 Å². The van der Waals surface area contributed by atoms with Crippen molar-refractivity contribution in [2.24, 2.45) is 10.8 Å². The molecular weight excluding hydrogens is 660 g/mol. The van der Waals surface area contributed by atoms with Crippen molar-refractivity contribution in [2.75, 3.05) is 14.2 Å². The zero-order chi connectivity index (χ0) is 33.5. The first-order chi connectivity index (χ1) is 22.4. The Kier molecular flexibility index (Phi) is 9.00. The van der Waals surface area contributed by atoms with Gasteiger partial charge in [0.2, 0.25) is 0 Å². The summed E-state index contributed by atoms with van der Waals surface area (Å²) in [5, 5.41) is 0. The zero-order valence-corrected chi connectivity index (χ0v) is 29.4. The summed E-state index contributed by atoms with van der Waals surface area (Å²) in [6.45, 7) is 9.00. The van der Waals surface area contributed by atoms with Gasteiger partial charge in [-0.15, -0.1) is 0 Å². The average Bonchev–Trinajstić information content (AvgIpc) is 3.01. The Morgan fingerprint density at radius 1 is 0.702 bits per heavy atom. The highest BCUT2D eigenvalue weighted by Crippen LogP contribution is 2.54. The van der Waals surface area contributed by atoms with E-state index in [2.05, 4.69) is 43.6 Å². The normalized spacial score (nSPS) is 18.7. The van der Waals surface area contributed by atoms with E-state index in [4.69, 9.17) is 23.7 Å². The monoisotopic (exact) mass is 700 g/mol.